The predicted octanol–water partition coefficient (Wildman–Crippen LogP) is 4.09. The molecule has 1 aliphatic heterocycles. The van der Waals surface area contributed by atoms with Crippen LogP contribution in [0.5, 0.6) is 0 Å². The maximum Gasteiger partial charge on any atom is 0.257 e. The van der Waals surface area contributed by atoms with Gasteiger partial charge in [-0.05, 0) is 24.6 Å². The summed E-state index contributed by atoms with van der Waals surface area (Å²) in [7, 11) is 0. The van der Waals surface area contributed by atoms with Crippen LogP contribution in [0, 0.1) is 6.92 Å². The standard InChI is InChI=1S/C22H19ClN4O3S/c1-12-6-8-13(9-7-12)11-31-22-26-19-18(21(30)27-22)14(10-17(28)25-19)20(29)24-16-5-3-2-4-15(16)23/h2-9,14H,10-11H2,1H3,(H,24,29)(H2,25,26,27,28,30)/t14-/m0/s1. The SMILES string of the molecule is Cc1ccc(CSc2nc3c(c(=O)[nH]2)[C@@H](C(=O)Nc2ccccc2Cl)CC(=O)N3)cc1. The van der Waals surface area contributed by atoms with Gasteiger partial charge in [-0.2, -0.15) is 0 Å². The Balaban J connectivity index is 1.58. The summed E-state index contributed by atoms with van der Waals surface area (Å²) in [5.41, 5.74) is 2.35. The monoisotopic (exact) mass is 454 g/mol. The zero-order valence-corrected chi connectivity index (χ0v) is 18.1. The van der Waals surface area contributed by atoms with Crippen molar-refractivity contribution in [2.24, 2.45) is 0 Å². The third kappa shape index (κ3) is 4.81. The summed E-state index contributed by atoms with van der Waals surface area (Å²) in [4.78, 5) is 45.0. The fraction of sp³-hybridized carbons (Fsp3) is 0.182. The number of halogens is 1. The van der Waals surface area contributed by atoms with E-state index in [9.17, 15) is 14.4 Å². The van der Waals surface area contributed by atoms with E-state index >= 15 is 0 Å². The lowest BCUT2D eigenvalue weighted by molar-refractivity contribution is -0.123. The number of hydrogen-bond donors (Lipinski definition) is 3. The molecule has 9 heteroatoms. The fourth-order valence-electron chi connectivity index (χ4n) is 3.26. The Labute approximate surface area is 187 Å². The third-order valence-corrected chi connectivity index (χ3v) is 6.15. The van der Waals surface area contributed by atoms with Gasteiger partial charge in [0.05, 0.1) is 22.2 Å². The molecule has 0 saturated carbocycles. The summed E-state index contributed by atoms with van der Waals surface area (Å²) in [6, 6.07) is 14.8. The van der Waals surface area contributed by atoms with Gasteiger partial charge in [0.25, 0.3) is 5.56 Å². The number of carbonyl (C=O) groups is 2. The molecule has 0 unspecified atom stereocenters. The molecule has 158 valence electrons. The first-order valence-electron chi connectivity index (χ1n) is 9.58. The number of aryl methyl sites for hydroxylation is 1. The molecule has 1 aromatic heterocycles. The number of aromatic amines is 1. The minimum absolute atomic E-state index is 0.116. The van der Waals surface area contributed by atoms with Gasteiger partial charge in [0, 0.05) is 12.2 Å². The van der Waals surface area contributed by atoms with E-state index in [1.165, 1.54) is 11.8 Å². The van der Waals surface area contributed by atoms with E-state index in [2.05, 4.69) is 20.6 Å². The zero-order valence-electron chi connectivity index (χ0n) is 16.6. The molecule has 7 nitrogen and oxygen atoms in total. The number of H-pyrrole nitrogens is 1. The molecule has 2 amide bonds. The number of carbonyl (C=O) groups excluding carboxylic acids is 2. The van der Waals surface area contributed by atoms with Gasteiger partial charge >= 0.3 is 0 Å². The van der Waals surface area contributed by atoms with Gasteiger partial charge in [0.15, 0.2) is 5.16 Å². The molecule has 0 spiro atoms. The lowest BCUT2D eigenvalue weighted by Crippen LogP contribution is -2.36. The largest absolute Gasteiger partial charge is 0.324 e. The van der Waals surface area contributed by atoms with Crippen LogP contribution in [0.15, 0.2) is 58.5 Å². The zero-order chi connectivity index (χ0) is 22.0. The number of anilines is 2. The maximum absolute atomic E-state index is 12.9. The van der Waals surface area contributed by atoms with Crippen molar-refractivity contribution in [3.63, 3.8) is 0 Å². The summed E-state index contributed by atoms with van der Waals surface area (Å²) >= 11 is 7.45. The number of thioether (sulfide) groups is 1. The molecule has 3 aromatic rings. The minimum atomic E-state index is -0.965. The van der Waals surface area contributed by atoms with Crippen LogP contribution in [-0.2, 0) is 15.3 Å². The Morgan fingerprint density at radius 3 is 2.68 bits per heavy atom. The smallest absolute Gasteiger partial charge is 0.257 e. The Morgan fingerprint density at radius 1 is 1.19 bits per heavy atom. The fourth-order valence-corrected chi connectivity index (χ4v) is 4.26. The number of nitrogens with one attached hydrogen (secondary N) is 3. The van der Waals surface area contributed by atoms with Crippen LogP contribution in [0.1, 0.15) is 29.0 Å². The number of fused-ring (bicyclic) bond motifs is 1. The molecule has 0 fully saturated rings. The molecule has 1 atom stereocenters. The maximum atomic E-state index is 12.9. The van der Waals surface area contributed by atoms with Crippen LogP contribution in [0.2, 0.25) is 5.02 Å². The van der Waals surface area contributed by atoms with E-state index in [0.29, 0.717) is 21.6 Å². The topological polar surface area (TPSA) is 104 Å². The van der Waals surface area contributed by atoms with E-state index < -0.39 is 17.4 Å². The van der Waals surface area contributed by atoms with Crippen LogP contribution < -0.4 is 16.2 Å². The van der Waals surface area contributed by atoms with E-state index in [1.54, 1.807) is 24.3 Å². The van der Waals surface area contributed by atoms with Crippen molar-refractivity contribution in [2.75, 3.05) is 10.6 Å². The van der Waals surface area contributed by atoms with Gasteiger partial charge in [0.2, 0.25) is 11.8 Å². The van der Waals surface area contributed by atoms with Crippen molar-refractivity contribution in [1.29, 1.82) is 0 Å². The number of benzene rings is 2. The first-order chi connectivity index (χ1) is 14.9. The van der Waals surface area contributed by atoms with Crippen LogP contribution >= 0.6 is 23.4 Å². The summed E-state index contributed by atoms with van der Waals surface area (Å²) in [5, 5.41) is 6.05. The highest BCUT2D eigenvalue weighted by molar-refractivity contribution is 7.98. The van der Waals surface area contributed by atoms with Gasteiger partial charge in [-0.3, -0.25) is 14.4 Å². The first-order valence-corrected chi connectivity index (χ1v) is 10.9. The summed E-state index contributed by atoms with van der Waals surface area (Å²) in [6.07, 6.45) is -0.149. The first kappa shape index (κ1) is 21.1. The van der Waals surface area contributed by atoms with Crippen molar-refractivity contribution in [3.8, 4) is 0 Å². The molecule has 2 aromatic carbocycles. The third-order valence-electron chi connectivity index (χ3n) is 4.87. The average Bonchev–Trinajstić information content (AvgIpc) is 2.74. The van der Waals surface area contributed by atoms with E-state index in [0.717, 1.165) is 11.1 Å². The second-order valence-corrected chi connectivity index (χ2v) is 8.55. The van der Waals surface area contributed by atoms with Crippen LogP contribution in [0.25, 0.3) is 0 Å². The van der Waals surface area contributed by atoms with E-state index in [-0.39, 0.29) is 23.7 Å². The normalized spacial score (nSPS) is 15.2. The predicted molar refractivity (Wildman–Crippen MR) is 122 cm³/mol. The summed E-state index contributed by atoms with van der Waals surface area (Å²) < 4.78 is 0. The summed E-state index contributed by atoms with van der Waals surface area (Å²) in [5.74, 6) is -1.11. The van der Waals surface area contributed by atoms with Gasteiger partial charge in [-0.1, -0.05) is 65.3 Å². The second-order valence-electron chi connectivity index (χ2n) is 7.18. The molecule has 4 rings (SSSR count). The van der Waals surface area contributed by atoms with Crippen LogP contribution in [-0.4, -0.2) is 21.8 Å². The lowest BCUT2D eigenvalue weighted by Gasteiger charge is -2.23. The van der Waals surface area contributed by atoms with Gasteiger partial charge < -0.3 is 15.6 Å². The van der Waals surface area contributed by atoms with Crippen molar-refractivity contribution in [3.05, 3.63) is 80.6 Å². The van der Waals surface area contributed by atoms with Crippen LogP contribution in [0.4, 0.5) is 11.5 Å². The minimum Gasteiger partial charge on any atom is -0.324 e. The second kappa shape index (κ2) is 8.95. The molecule has 1 aliphatic rings. The lowest BCUT2D eigenvalue weighted by atomic mass is 9.92. The van der Waals surface area contributed by atoms with Crippen molar-refractivity contribution in [1.82, 2.24) is 9.97 Å². The number of para-hydroxylation sites is 1. The van der Waals surface area contributed by atoms with E-state index in [4.69, 9.17) is 11.6 Å². The van der Waals surface area contributed by atoms with Crippen molar-refractivity contribution in [2.45, 2.75) is 30.2 Å². The number of amides is 2. The molecule has 0 saturated heterocycles. The molecular weight excluding hydrogens is 436 g/mol. The average molecular weight is 455 g/mol. The molecule has 3 N–H and O–H groups in total. The molecule has 0 aliphatic carbocycles. The van der Waals surface area contributed by atoms with Crippen LogP contribution in [0.3, 0.4) is 0 Å². The highest BCUT2D eigenvalue weighted by Crippen LogP contribution is 2.31. The molecule has 0 radical (unpaired) electrons. The Bertz CT molecular complexity index is 1210. The highest BCUT2D eigenvalue weighted by atomic mass is 35.5. The Hall–Kier alpha value is -3.10. The Kier molecular flexibility index (Phi) is 6.11. The van der Waals surface area contributed by atoms with Gasteiger partial charge in [0.1, 0.15) is 5.82 Å². The number of aromatic nitrogens is 2. The number of hydrogen-bond acceptors (Lipinski definition) is 5. The molecular formula is C22H19ClN4O3S. The quantitative estimate of drug-likeness (QED) is 0.398. The van der Waals surface area contributed by atoms with Crippen molar-refractivity contribution < 1.29 is 9.59 Å². The number of nitrogens with zero attached hydrogens (tertiary/aromatic N) is 1. The number of rotatable bonds is 5. The molecule has 0 bridgehead atoms. The van der Waals surface area contributed by atoms with Gasteiger partial charge in [-0.15, -0.1) is 0 Å². The highest BCUT2D eigenvalue weighted by Gasteiger charge is 2.35. The molecule has 2 heterocycles. The molecule has 31 heavy (non-hydrogen) atoms. The van der Waals surface area contributed by atoms with Crippen molar-refractivity contribution >= 4 is 46.7 Å². The van der Waals surface area contributed by atoms with Gasteiger partial charge in [-0.25, -0.2) is 4.98 Å². The Morgan fingerprint density at radius 2 is 1.94 bits per heavy atom. The van der Waals surface area contributed by atoms with E-state index in [1.807, 2.05) is 31.2 Å². The summed E-state index contributed by atoms with van der Waals surface area (Å²) in [6.45, 7) is 2.01.